The van der Waals surface area contributed by atoms with Gasteiger partial charge in [-0.1, -0.05) is 26.0 Å². The first-order valence-corrected chi connectivity index (χ1v) is 6.62. The molecule has 1 heterocycles. The fourth-order valence-corrected chi connectivity index (χ4v) is 3.02. The summed E-state index contributed by atoms with van der Waals surface area (Å²) in [5.74, 6) is 1.65. The number of nitrogen functional groups attached to an aromatic ring is 1. The summed E-state index contributed by atoms with van der Waals surface area (Å²) < 4.78 is 0. The minimum atomic E-state index is 0.827. The van der Waals surface area contributed by atoms with Crippen LogP contribution in [0.5, 0.6) is 0 Å². The third kappa shape index (κ3) is 3.22. The predicted molar refractivity (Wildman–Crippen MR) is 73.8 cm³/mol. The van der Waals surface area contributed by atoms with E-state index in [-0.39, 0.29) is 0 Å². The third-order valence-corrected chi connectivity index (χ3v) is 3.68. The Balaban J connectivity index is 2.02. The summed E-state index contributed by atoms with van der Waals surface area (Å²) in [7, 11) is 0. The molecule has 1 aromatic carbocycles. The molecule has 0 spiro atoms. The van der Waals surface area contributed by atoms with Crippen LogP contribution in [0, 0.1) is 18.8 Å². The lowest BCUT2D eigenvalue weighted by molar-refractivity contribution is 0.134. The van der Waals surface area contributed by atoms with Gasteiger partial charge in [-0.3, -0.25) is 4.90 Å². The van der Waals surface area contributed by atoms with E-state index >= 15 is 0 Å². The van der Waals surface area contributed by atoms with Crippen LogP contribution in [0.25, 0.3) is 0 Å². The normalized spacial score (nSPS) is 26.1. The number of benzene rings is 1. The Hall–Kier alpha value is -1.02. The van der Waals surface area contributed by atoms with Crippen LogP contribution in [0.1, 0.15) is 31.4 Å². The minimum Gasteiger partial charge on any atom is -0.399 e. The first-order chi connectivity index (χ1) is 8.04. The minimum absolute atomic E-state index is 0.827. The first-order valence-electron chi connectivity index (χ1n) is 6.62. The maximum Gasteiger partial charge on any atom is 0.0343 e. The highest BCUT2D eigenvalue weighted by molar-refractivity contribution is 5.47. The van der Waals surface area contributed by atoms with E-state index < -0.39 is 0 Å². The molecule has 0 aliphatic carbocycles. The molecule has 2 atom stereocenters. The molecule has 0 aromatic heterocycles. The molecular weight excluding hydrogens is 208 g/mol. The van der Waals surface area contributed by atoms with E-state index in [0.29, 0.717) is 0 Å². The van der Waals surface area contributed by atoms with Gasteiger partial charge in [0.15, 0.2) is 0 Å². The molecule has 94 valence electrons. The number of anilines is 1. The van der Waals surface area contributed by atoms with Crippen LogP contribution in [-0.2, 0) is 6.54 Å². The Morgan fingerprint density at radius 1 is 1.24 bits per heavy atom. The van der Waals surface area contributed by atoms with Gasteiger partial charge in [0.05, 0.1) is 0 Å². The number of aryl methyl sites for hydroxylation is 1. The molecule has 0 amide bonds. The molecule has 1 saturated heterocycles. The van der Waals surface area contributed by atoms with Crippen LogP contribution in [0.3, 0.4) is 0 Å². The van der Waals surface area contributed by atoms with Gasteiger partial charge in [-0.25, -0.2) is 0 Å². The molecule has 2 heteroatoms. The summed E-state index contributed by atoms with van der Waals surface area (Å²) in [6.45, 7) is 10.3. The number of hydrogen-bond acceptors (Lipinski definition) is 2. The van der Waals surface area contributed by atoms with Crippen molar-refractivity contribution >= 4 is 5.69 Å². The van der Waals surface area contributed by atoms with Crippen LogP contribution in [0.4, 0.5) is 5.69 Å². The second-order valence-corrected chi connectivity index (χ2v) is 5.83. The summed E-state index contributed by atoms with van der Waals surface area (Å²) in [5, 5.41) is 0. The molecule has 2 unspecified atom stereocenters. The zero-order chi connectivity index (χ0) is 12.4. The van der Waals surface area contributed by atoms with Crippen molar-refractivity contribution < 1.29 is 0 Å². The van der Waals surface area contributed by atoms with Gasteiger partial charge in [-0.2, -0.15) is 0 Å². The maximum absolute atomic E-state index is 5.85. The van der Waals surface area contributed by atoms with Crippen LogP contribution in [0.2, 0.25) is 0 Å². The Labute approximate surface area is 105 Å². The number of nitrogens with two attached hydrogens (primary N) is 1. The lowest BCUT2D eigenvalue weighted by atomic mass is 9.91. The number of rotatable bonds is 2. The van der Waals surface area contributed by atoms with Gasteiger partial charge in [0.2, 0.25) is 0 Å². The molecular formula is C15H24N2. The van der Waals surface area contributed by atoms with Crippen molar-refractivity contribution in [3.8, 4) is 0 Å². The Morgan fingerprint density at radius 2 is 1.88 bits per heavy atom. The summed E-state index contributed by atoms with van der Waals surface area (Å²) >= 11 is 0. The van der Waals surface area contributed by atoms with E-state index in [9.17, 15) is 0 Å². The van der Waals surface area contributed by atoms with Crippen molar-refractivity contribution in [2.75, 3.05) is 18.8 Å². The van der Waals surface area contributed by atoms with Crippen LogP contribution >= 0.6 is 0 Å². The molecule has 0 radical (unpaired) electrons. The molecule has 1 aliphatic heterocycles. The molecule has 1 fully saturated rings. The Kier molecular flexibility index (Phi) is 3.72. The smallest absolute Gasteiger partial charge is 0.0343 e. The zero-order valence-corrected chi connectivity index (χ0v) is 11.2. The zero-order valence-electron chi connectivity index (χ0n) is 11.2. The molecule has 2 rings (SSSR count). The van der Waals surface area contributed by atoms with Gasteiger partial charge >= 0.3 is 0 Å². The first kappa shape index (κ1) is 12.4. The van der Waals surface area contributed by atoms with Crippen molar-refractivity contribution in [3.63, 3.8) is 0 Å². The van der Waals surface area contributed by atoms with Crippen molar-refractivity contribution in [1.82, 2.24) is 4.90 Å². The van der Waals surface area contributed by atoms with Crippen molar-refractivity contribution in [2.45, 2.75) is 33.7 Å². The SMILES string of the molecule is Cc1cc(CN2CC(C)CC(C)C2)ccc1N. The molecule has 2 N–H and O–H groups in total. The quantitative estimate of drug-likeness (QED) is 0.794. The molecule has 1 aliphatic rings. The summed E-state index contributed by atoms with van der Waals surface area (Å²) in [6.07, 6.45) is 1.37. The summed E-state index contributed by atoms with van der Waals surface area (Å²) in [5.41, 5.74) is 9.33. The van der Waals surface area contributed by atoms with Crippen LogP contribution in [-0.4, -0.2) is 18.0 Å². The largest absolute Gasteiger partial charge is 0.399 e. The highest BCUT2D eigenvalue weighted by atomic mass is 15.1. The number of hydrogen-bond donors (Lipinski definition) is 1. The fraction of sp³-hybridized carbons (Fsp3) is 0.600. The summed E-state index contributed by atoms with van der Waals surface area (Å²) in [6, 6.07) is 6.41. The molecule has 17 heavy (non-hydrogen) atoms. The highest BCUT2D eigenvalue weighted by Crippen LogP contribution is 2.23. The Bertz CT molecular complexity index is 377. The second-order valence-electron chi connectivity index (χ2n) is 5.83. The maximum atomic E-state index is 5.85. The molecule has 1 aromatic rings. The second kappa shape index (κ2) is 5.09. The summed E-state index contributed by atoms with van der Waals surface area (Å²) in [4.78, 5) is 2.57. The van der Waals surface area contributed by atoms with Gasteiger partial charge in [0, 0.05) is 25.3 Å². The molecule has 0 saturated carbocycles. The van der Waals surface area contributed by atoms with E-state index in [1.165, 1.54) is 30.6 Å². The van der Waals surface area contributed by atoms with Crippen LogP contribution in [0.15, 0.2) is 18.2 Å². The topological polar surface area (TPSA) is 29.3 Å². The van der Waals surface area contributed by atoms with E-state index in [4.69, 9.17) is 5.73 Å². The van der Waals surface area contributed by atoms with E-state index in [1.54, 1.807) is 0 Å². The number of likely N-dealkylation sites (tertiary alicyclic amines) is 1. The lowest BCUT2D eigenvalue weighted by Gasteiger charge is -2.35. The monoisotopic (exact) mass is 232 g/mol. The third-order valence-electron chi connectivity index (χ3n) is 3.68. The molecule has 2 nitrogen and oxygen atoms in total. The van der Waals surface area contributed by atoms with E-state index in [1.807, 2.05) is 6.07 Å². The van der Waals surface area contributed by atoms with Gasteiger partial charge in [0.1, 0.15) is 0 Å². The standard InChI is InChI=1S/C15H24N2/c1-11-6-12(2)9-17(8-11)10-14-4-5-15(16)13(3)7-14/h4-5,7,11-12H,6,8-10,16H2,1-3H3. The fourth-order valence-electron chi connectivity index (χ4n) is 3.02. The highest BCUT2D eigenvalue weighted by Gasteiger charge is 2.21. The van der Waals surface area contributed by atoms with Gasteiger partial charge in [-0.05, 0) is 42.4 Å². The average molecular weight is 232 g/mol. The van der Waals surface area contributed by atoms with Crippen LogP contribution < -0.4 is 5.73 Å². The van der Waals surface area contributed by atoms with Crippen molar-refractivity contribution in [2.24, 2.45) is 11.8 Å². The lowest BCUT2D eigenvalue weighted by Crippen LogP contribution is -2.38. The van der Waals surface area contributed by atoms with Crippen molar-refractivity contribution in [3.05, 3.63) is 29.3 Å². The van der Waals surface area contributed by atoms with Gasteiger partial charge in [-0.15, -0.1) is 0 Å². The average Bonchev–Trinajstić information content (AvgIpc) is 2.22. The van der Waals surface area contributed by atoms with Gasteiger partial charge < -0.3 is 5.73 Å². The molecule has 0 bridgehead atoms. The Morgan fingerprint density at radius 3 is 2.47 bits per heavy atom. The predicted octanol–water partition coefficient (Wildman–Crippen LogP) is 3.06. The number of piperidine rings is 1. The number of nitrogens with zero attached hydrogens (tertiary/aromatic N) is 1. The van der Waals surface area contributed by atoms with Gasteiger partial charge in [0.25, 0.3) is 0 Å². The van der Waals surface area contributed by atoms with E-state index in [0.717, 1.165) is 24.1 Å². The van der Waals surface area contributed by atoms with Crippen molar-refractivity contribution in [1.29, 1.82) is 0 Å². The van der Waals surface area contributed by atoms with E-state index in [2.05, 4.69) is 37.8 Å².